The molecule has 2 rings (SSSR count). The number of halogens is 3. The van der Waals surface area contributed by atoms with Crippen LogP contribution in [0.2, 0.25) is 5.02 Å². The average Bonchev–Trinajstić information content (AvgIpc) is 2.67. The van der Waals surface area contributed by atoms with Gasteiger partial charge in [-0.3, -0.25) is 0 Å². The van der Waals surface area contributed by atoms with Crippen LogP contribution in [-0.4, -0.2) is 16.6 Å². The van der Waals surface area contributed by atoms with Crippen molar-refractivity contribution < 1.29 is 13.5 Å². The third-order valence-corrected chi connectivity index (χ3v) is 2.28. The molecule has 0 bridgehead atoms. The van der Waals surface area contributed by atoms with E-state index in [2.05, 4.69) is 14.7 Å². The molecule has 0 radical (unpaired) electrons. The summed E-state index contributed by atoms with van der Waals surface area (Å²) < 4.78 is 28.8. The van der Waals surface area contributed by atoms with Crippen LogP contribution in [-0.2, 0) is 0 Å². The van der Waals surface area contributed by atoms with Gasteiger partial charge in [-0.25, -0.2) is 4.98 Å². The topological polar surface area (TPSA) is 63.9 Å². The molecular weight excluding hydrogens is 252 g/mol. The minimum Gasteiger partial charge on any atom is -0.434 e. The van der Waals surface area contributed by atoms with Crippen molar-refractivity contribution in [3.63, 3.8) is 0 Å². The number of aromatic amines is 1. The number of ether oxygens (including phenoxy) is 1. The lowest BCUT2D eigenvalue weighted by Gasteiger charge is -2.09. The molecule has 0 atom stereocenters. The van der Waals surface area contributed by atoms with E-state index >= 15 is 0 Å². The van der Waals surface area contributed by atoms with Crippen molar-refractivity contribution in [2.75, 3.05) is 5.73 Å². The first-order valence-electron chi connectivity index (χ1n) is 4.61. The lowest BCUT2D eigenvalue weighted by atomic mass is 10.1. The zero-order valence-corrected chi connectivity index (χ0v) is 9.21. The Kier molecular flexibility index (Phi) is 3.14. The van der Waals surface area contributed by atoms with Gasteiger partial charge in [0.25, 0.3) is 0 Å². The molecule has 0 aliphatic heterocycles. The molecule has 17 heavy (non-hydrogen) atoms. The highest BCUT2D eigenvalue weighted by atomic mass is 35.5. The van der Waals surface area contributed by atoms with Gasteiger partial charge in [0.05, 0.1) is 11.9 Å². The van der Waals surface area contributed by atoms with Crippen LogP contribution in [0.3, 0.4) is 0 Å². The Bertz CT molecular complexity index is 530. The summed E-state index contributed by atoms with van der Waals surface area (Å²) in [5.41, 5.74) is 6.25. The monoisotopic (exact) mass is 259 g/mol. The van der Waals surface area contributed by atoms with Gasteiger partial charge in [0.15, 0.2) is 5.95 Å². The van der Waals surface area contributed by atoms with Crippen LogP contribution in [0.4, 0.5) is 14.7 Å². The Hall–Kier alpha value is -1.82. The number of nitrogens with two attached hydrogens (primary N) is 1. The van der Waals surface area contributed by atoms with Crippen LogP contribution >= 0.6 is 11.6 Å². The van der Waals surface area contributed by atoms with Gasteiger partial charge in [-0.1, -0.05) is 11.6 Å². The molecule has 0 spiro atoms. The Morgan fingerprint density at radius 1 is 1.41 bits per heavy atom. The SMILES string of the molecule is Nc1ncc(-c2cc(Cl)ccc2OC(F)F)[nH]1. The molecule has 0 fully saturated rings. The molecular formula is C10H8ClF2N3O. The highest BCUT2D eigenvalue weighted by molar-refractivity contribution is 6.30. The van der Waals surface area contributed by atoms with Gasteiger partial charge in [0, 0.05) is 10.6 Å². The Morgan fingerprint density at radius 2 is 2.18 bits per heavy atom. The number of rotatable bonds is 3. The van der Waals surface area contributed by atoms with Crippen LogP contribution in [0.5, 0.6) is 5.75 Å². The summed E-state index contributed by atoms with van der Waals surface area (Å²) in [6, 6.07) is 4.32. The normalized spacial score (nSPS) is 10.8. The van der Waals surface area contributed by atoms with E-state index in [0.29, 0.717) is 16.3 Å². The number of nitrogens with one attached hydrogen (secondary N) is 1. The second-order valence-electron chi connectivity index (χ2n) is 3.20. The molecule has 1 aromatic heterocycles. The maximum Gasteiger partial charge on any atom is 0.387 e. The molecule has 0 saturated carbocycles. The number of aromatic nitrogens is 2. The summed E-state index contributed by atoms with van der Waals surface area (Å²) in [4.78, 5) is 6.50. The fourth-order valence-corrected chi connectivity index (χ4v) is 1.56. The lowest BCUT2D eigenvalue weighted by molar-refractivity contribution is -0.0494. The summed E-state index contributed by atoms with van der Waals surface area (Å²) in [6.07, 6.45) is 1.42. The first kappa shape index (κ1) is 11.7. The molecule has 7 heteroatoms. The quantitative estimate of drug-likeness (QED) is 0.891. The summed E-state index contributed by atoms with van der Waals surface area (Å²) in [6.45, 7) is -2.91. The summed E-state index contributed by atoms with van der Waals surface area (Å²) in [5, 5.41) is 0.398. The smallest absolute Gasteiger partial charge is 0.387 e. The van der Waals surface area contributed by atoms with E-state index in [9.17, 15) is 8.78 Å². The molecule has 90 valence electrons. The Morgan fingerprint density at radius 3 is 2.76 bits per heavy atom. The maximum absolute atomic E-state index is 12.2. The molecule has 3 N–H and O–H groups in total. The zero-order valence-electron chi connectivity index (χ0n) is 8.45. The summed E-state index contributed by atoms with van der Waals surface area (Å²) >= 11 is 5.80. The van der Waals surface area contributed by atoms with Crippen molar-refractivity contribution >= 4 is 17.5 Å². The fraction of sp³-hybridized carbons (Fsp3) is 0.100. The van der Waals surface area contributed by atoms with Crippen LogP contribution in [0.1, 0.15) is 0 Å². The minimum absolute atomic E-state index is 0.00745. The lowest BCUT2D eigenvalue weighted by Crippen LogP contribution is -2.03. The molecule has 0 aliphatic carbocycles. The van der Waals surface area contributed by atoms with Gasteiger partial charge in [-0.2, -0.15) is 8.78 Å². The maximum atomic E-state index is 12.2. The van der Waals surface area contributed by atoms with Crippen LogP contribution in [0, 0.1) is 0 Å². The Labute approximate surface area is 100 Å². The fourth-order valence-electron chi connectivity index (χ4n) is 1.38. The molecule has 0 saturated heterocycles. The number of nitrogen functional groups attached to an aromatic ring is 1. The van der Waals surface area contributed by atoms with Crippen molar-refractivity contribution in [3.8, 4) is 17.0 Å². The van der Waals surface area contributed by atoms with Crippen molar-refractivity contribution in [2.24, 2.45) is 0 Å². The standard InChI is InChI=1S/C10H8ClF2N3O/c11-5-1-2-8(17-9(12)13)6(3-5)7-4-15-10(14)16-7/h1-4,9H,(H3,14,15,16). The van der Waals surface area contributed by atoms with Crippen molar-refractivity contribution in [1.29, 1.82) is 0 Å². The highest BCUT2D eigenvalue weighted by Gasteiger charge is 2.13. The van der Waals surface area contributed by atoms with E-state index in [-0.39, 0.29) is 11.7 Å². The van der Waals surface area contributed by atoms with Gasteiger partial charge in [-0.15, -0.1) is 0 Å². The van der Waals surface area contributed by atoms with E-state index in [4.69, 9.17) is 17.3 Å². The largest absolute Gasteiger partial charge is 0.434 e. The van der Waals surface area contributed by atoms with E-state index in [1.807, 2.05) is 0 Å². The van der Waals surface area contributed by atoms with Gasteiger partial charge in [0.2, 0.25) is 0 Å². The second-order valence-corrected chi connectivity index (χ2v) is 3.64. The number of alkyl halides is 2. The number of anilines is 1. The number of hydrogen-bond donors (Lipinski definition) is 2. The molecule has 0 unspecified atom stereocenters. The third-order valence-electron chi connectivity index (χ3n) is 2.04. The summed E-state index contributed by atoms with van der Waals surface area (Å²) in [7, 11) is 0. The van der Waals surface area contributed by atoms with Gasteiger partial charge in [0.1, 0.15) is 5.75 Å². The van der Waals surface area contributed by atoms with Crippen molar-refractivity contribution in [3.05, 3.63) is 29.4 Å². The number of nitrogens with zero attached hydrogens (tertiary/aromatic N) is 1. The predicted molar refractivity (Wildman–Crippen MR) is 60.1 cm³/mol. The minimum atomic E-state index is -2.91. The third kappa shape index (κ3) is 2.65. The highest BCUT2D eigenvalue weighted by Crippen LogP contribution is 2.32. The van der Waals surface area contributed by atoms with E-state index in [1.165, 1.54) is 24.4 Å². The number of imidazole rings is 1. The Balaban J connectivity index is 2.46. The first-order valence-corrected chi connectivity index (χ1v) is 4.99. The number of benzene rings is 1. The average molecular weight is 260 g/mol. The van der Waals surface area contributed by atoms with E-state index in [0.717, 1.165) is 0 Å². The molecule has 0 amide bonds. The molecule has 1 aromatic carbocycles. The van der Waals surface area contributed by atoms with Crippen LogP contribution < -0.4 is 10.5 Å². The van der Waals surface area contributed by atoms with Crippen LogP contribution in [0.25, 0.3) is 11.3 Å². The van der Waals surface area contributed by atoms with Crippen LogP contribution in [0.15, 0.2) is 24.4 Å². The molecule has 4 nitrogen and oxygen atoms in total. The second kappa shape index (κ2) is 4.58. The summed E-state index contributed by atoms with van der Waals surface area (Å²) in [5.74, 6) is 0.191. The van der Waals surface area contributed by atoms with Crippen molar-refractivity contribution in [1.82, 2.24) is 9.97 Å². The van der Waals surface area contributed by atoms with Gasteiger partial charge in [-0.05, 0) is 18.2 Å². The van der Waals surface area contributed by atoms with Crippen molar-refractivity contribution in [2.45, 2.75) is 6.61 Å². The predicted octanol–water partition coefficient (Wildman–Crippen LogP) is 2.91. The van der Waals surface area contributed by atoms with Gasteiger partial charge >= 0.3 is 6.61 Å². The van der Waals surface area contributed by atoms with E-state index in [1.54, 1.807) is 0 Å². The molecule has 2 aromatic rings. The first-order chi connectivity index (χ1) is 8.06. The zero-order chi connectivity index (χ0) is 12.4. The molecule has 1 heterocycles. The number of H-pyrrole nitrogens is 1. The van der Waals surface area contributed by atoms with Gasteiger partial charge < -0.3 is 15.5 Å². The molecule has 0 aliphatic rings. The number of hydrogen-bond acceptors (Lipinski definition) is 3. The van der Waals surface area contributed by atoms with E-state index < -0.39 is 6.61 Å².